The minimum Gasteiger partial charge on any atom is -0.293 e. The summed E-state index contributed by atoms with van der Waals surface area (Å²) in [4.78, 5) is 42.2. The Morgan fingerprint density at radius 3 is 2.57 bits per heavy atom. The number of imide groups is 2. The monoisotopic (exact) mass is 313 g/mol. The van der Waals surface area contributed by atoms with E-state index in [1.165, 1.54) is 6.21 Å². The molecule has 1 atom stereocenters. The second-order valence-corrected chi connectivity index (χ2v) is 5.97. The van der Waals surface area contributed by atoms with Gasteiger partial charge in [-0.1, -0.05) is 31.0 Å². The van der Waals surface area contributed by atoms with Crippen molar-refractivity contribution in [3.63, 3.8) is 0 Å². The van der Waals surface area contributed by atoms with E-state index in [1.807, 2.05) is 19.1 Å². The molecule has 0 bridgehead atoms. The van der Waals surface area contributed by atoms with Crippen molar-refractivity contribution in [1.29, 1.82) is 0 Å². The number of aryl methyl sites for hydroxylation is 1. The second kappa shape index (κ2) is 6.32. The van der Waals surface area contributed by atoms with E-state index < -0.39 is 23.8 Å². The fourth-order valence-corrected chi connectivity index (χ4v) is 3.03. The lowest BCUT2D eigenvalue weighted by molar-refractivity contribution is -0.131. The van der Waals surface area contributed by atoms with E-state index in [9.17, 15) is 14.4 Å². The van der Waals surface area contributed by atoms with Gasteiger partial charge in [0.05, 0.1) is 5.69 Å². The number of hydrogen-bond donors (Lipinski definition) is 1. The van der Waals surface area contributed by atoms with Crippen LogP contribution in [0.4, 0.5) is 10.5 Å². The maximum absolute atomic E-state index is 12.7. The molecule has 3 rings (SSSR count). The van der Waals surface area contributed by atoms with Gasteiger partial charge in [0, 0.05) is 12.3 Å². The van der Waals surface area contributed by atoms with Gasteiger partial charge in [0.1, 0.15) is 0 Å². The van der Waals surface area contributed by atoms with Crippen LogP contribution in [0.15, 0.2) is 29.3 Å². The molecule has 2 fully saturated rings. The lowest BCUT2D eigenvalue weighted by atomic mass is 10.0. The number of hydrogen-bond acceptors (Lipinski definition) is 4. The van der Waals surface area contributed by atoms with Crippen LogP contribution in [-0.2, 0) is 9.59 Å². The van der Waals surface area contributed by atoms with Crippen LogP contribution in [0.3, 0.4) is 0 Å². The highest BCUT2D eigenvalue weighted by Crippen LogP contribution is 2.25. The van der Waals surface area contributed by atoms with Gasteiger partial charge in [-0.15, -0.1) is 0 Å². The van der Waals surface area contributed by atoms with E-state index in [-0.39, 0.29) is 6.04 Å². The standard InChI is InChI=1S/C17H19N3O3/c1-11-6-2-5-9-14(11)20-16(22)13(15(21)19-17(20)23)10-18-12-7-3-4-8-12/h2,5-6,9-10,12-13H,3-4,7-8H2,1H3,(H,19,21,23)/t13-/m1/s1. The van der Waals surface area contributed by atoms with Crippen LogP contribution in [0.25, 0.3) is 0 Å². The van der Waals surface area contributed by atoms with E-state index in [0.717, 1.165) is 36.1 Å². The maximum Gasteiger partial charge on any atom is 0.335 e. The van der Waals surface area contributed by atoms with Crippen molar-refractivity contribution >= 4 is 29.7 Å². The van der Waals surface area contributed by atoms with Gasteiger partial charge in [0.2, 0.25) is 5.91 Å². The molecule has 0 spiro atoms. The molecule has 4 amide bonds. The molecule has 120 valence electrons. The van der Waals surface area contributed by atoms with Crippen LogP contribution >= 0.6 is 0 Å². The van der Waals surface area contributed by atoms with Gasteiger partial charge in [0.25, 0.3) is 5.91 Å². The first-order chi connectivity index (χ1) is 11.1. The topological polar surface area (TPSA) is 78.8 Å². The Labute approximate surface area is 134 Å². The molecule has 1 N–H and O–H groups in total. The van der Waals surface area contributed by atoms with Gasteiger partial charge in [-0.25, -0.2) is 9.69 Å². The summed E-state index contributed by atoms with van der Waals surface area (Å²) < 4.78 is 0. The molecule has 0 aromatic heterocycles. The predicted octanol–water partition coefficient (Wildman–Crippen LogP) is 2.21. The van der Waals surface area contributed by atoms with Crippen molar-refractivity contribution < 1.29 is 14.4 Å². The summed E-state index contributed by atoms with van der Waals surface area (Å²) in [5.74, 6) is -2.20. The van der Waals surface area contributed by atoms with Gasteiger partial charge in [-0.2, -0.15) is 0 Å². The van der Waals surface area contributed by atoms with Crippen LogP contribution < -0.4 is 10.2 Å². The summed E-state index contributed by atoms with van der Waals surface area (Å²) in [6.45, 7) is 1.81. The van der Waals surface area contributed by atoms with Gasteiger partial charge < -0.3 is 0 Å². The molecule has 6 heteroatoms. The summed E-state index contributed by atoms with van der Waals surface area (Å²) in [5.41, 5.74) is 1.28. The third-order valence-corrected chi connectivity index (χ3v) is 4.33. The van der Waals surface area contributed by atoms with Crippen molar-refractivity contribution in [2.45, 2.75) is 38.6 Å². The number of barbiturate groups is 1. The molecule has 0 radical (unpaired) electrons. The normalized spacial score (nSPS) is 22.9. The van der Waals surface area contributed by atoms with Gasteiger partial charge in [-0.05, 0) is 31.4 Å². The lowest BCUT2D eigenvalue weighted by Gasteiger charge is -2.29. The number of nitrogens with one attached hydrogen (secondary N) is 1. The van der Waals surface area contributed by atoms with Gasteiger partial charge in [-0.3, -0.25) is 19.9 Å². The quantitative estimate of drug-likeness (QED) is 0.686. The number of anilines is 1. The molecule has 1 aliphatic carbocycles. The Hall–Kier alpha value is -2.50. The highest BCUT2D eigenvalue weighted by Gasteiger charge is 2.40. The number of urea groups is 1. The van der Waals surface area contributed by atoms with Gasteiger partial charge in [0.15, 0.2) is 5.92 Å². The van der Waals surface area contributed by atoms with E-state index in [1.54, 1.807) is 12.1 Å². The number of carbonyl (C=O) groups excluding carboxylic acids is 3. The van der Waals surface area contributed by atoms with Crippen molar-refractivity contribution in [1.82, 2.24) is 5.32 Å². The number of rotatable bonds is 3. The Balaban J connectivity index is 1.86. The third kappa shape index (κ3) is 3.02. The average molecular weight is 313 g/mol. The molecule has 23 heavy (non-hydrogen) atoms. The third-order valence-electron chi connectivity index (χ3n) is 4.33. The van der Waals surface area contributed by atoms with E-state index in [2.05, 4.69) is 10.3 Å². The Morgan fingerprint density at radius 2 is 1.87 bits per heavy atom. The van der Waals surface area contributed by atoms with Crippen LogP contribution in [0.5, 0.6) is 0 Å². The van der Waals surface area contributed by atoms with Crippen molar-refractivity contribution in [3.05, 3.63) is 29.8 Å². The average Bonchev–Trinajstić information content (AvgIpc) is 3.02. The van der Waals surface area contributed by atoms with Crippen molar-refractivity contribution in [3.8, 4) is 0 Å². The fourth-order valence-electron chi connectivity index (χ4n) is 3.03. The van der Waals surface area contributed by atoms with Crippen molar-refractivity contribution in [2.24, 2.45) is 10.9 Å². The summed E-state index contributed by atoms with van der Waals surface area (Å²) >= 11 is 0. The second-order valence-electron chi connectivity index (χ2n) is 5.97. The fraction of sp³-hybridized carbons (Fsp3) is 0.412. The van der Waals surface area contributed by atoms with Gasteiger partial charge >= 0.3 is 6.03 Å². The number of carbonyl (C=O) groups is 3. The molecule has 1 heterocycles. The van der Waals surface area contributed by atoms with Crippen LogP contribution in [0, 0.1) is 12.8 Å². The maximum atomic E-state index is 12.7. The summed E-state index contributed by atoms with van der Waals surface area (Å²) in [7, 11) is 0. The molecule has 6 nitrogen and oxygen atoms in total. The SMILES string of the molecule is Cc1ccccc1N1C(=O)NC(=O)[C@@H](C=NC2CCCC2)C1=O. The Morgan fingerprint density at radius 1 is 1.17 bits per heavy atom. The first-order valence-corrected chi connectivity index (χ1v) is 7.85. The molecule has 0 unspecified atom stereocenters. The highest BCUT2D eigenvalue weighted by atomic mass is 16.2. The zero-order chi connectivity index (χ0) is 16.4. The van der Waals surface area contributed by atoms with Crippen LogP contribution in [-0.4, -0.2) is 30.1 Å². The minimum atomic E-state index is -1.05. The number of nitrogens with zero attached hydrogens (tertiary/aromatic N) is 2. The molecule has 1 saturated carbocycles. The highest BCUT2D eigenvalue weighted by molar-refractivity contribution is 6.32. The van der Waals surface area contributed by atoms with E-state index >= 15 is 0 Å². The molecule has 1 aliphatic heterocycles. The van der Waals surface area contributed by atoms with Crippen molar-refractivity contribution in [2.75, 3.05) is 4.90 Å². The van der Waals surface area contributed by atoms with E-state index in [0.29, 0.717) is 5.69 Å². The molecule has 1 aromatic carbocycles. The zero-order valence-electron chi connectivity index (χ0n) is 13.0. The summed E-state index contributed by atoms with van der Waals surface area (Å²) in [6, 6.07) is 6.55. The summed E-state index contributed by atoms with van der Waals surface area (Å²) in [6.07, 6.45) is 5.63. The summed E-state index contributed by atoms with van der Waals surface area (Å²) in [5, 5.41) is 2.25. The van der Waals surface area contributed by atoms with Crippen LogP contribution in [0.1, 0.15) is 31.2 Å². The molecular formula is C17H19N3O3. The number of aliphatic imine (C=N–C) groups is 1. The molecule has 1 aromatic rings. The molecule has 1 saturated heterocycles. The lowest BCUT2D eigenvalue weighted by Crippen LogP contribution is -2.58. The predicted molar refractivity (Wildman–Crippen MR) is 86.4 cm³/mol. The number of para-hydroxylation sites is 1. The number of benzene rings is 1. The molecule has 2 aliphatic rings. The Kier molecular flexibility index (Phi) is 4.23. The largest absolute Gasteiger partial charge is 0.335 e. The minimum absolute atomic E-state index is 0.181. The molecular weight excluding hydrogens is 294 g/mol. The first-order valence-electron chi connectivity index (χ1n) is 7.85. The zero-order valence-corrected chi connectivity index (χ0v) is 13.0. The van der Waals surface area contributed by atoms with Crippen LogP contribution in [0.2, 0.25) is 0 Å². The smallest absolute Gasteiger partial charge is 0.293 e. The Bertz CT molecular complexity index is 677. The number of amides is 4. The van der Waals surface area contributed by atoms with E-state index in [4.69, 9.17) is 0 Å². The first kappa shape index (κ1) is 15.4.